The Bertz CT molecular complexity index is 1110. The predicted molar refractivity (Wildman–Crippen MR) is 159 cm³/mol. The van der Waals surface area contributed by atoms with Crippen molar-refractivity contribution in [1.82, 2.24) is 16.0 Å². The van der Waals surface area contributed by atoms with Gasteiger partial charge in [-0.25, -0.2) is 4.79 Å². The van der Waals surface area contributed by atoms with E-state index in [0.717, 1.165) is 19.4 Å². The Morgan fingerprint density at radius 3 is 1.84 bits per heavy atom. The first-order valence-electron chi connectivity index (χ1n) is 14.0. The summed E-state index contributed by atoms with van der Waals surface area (Å²) in [6, 6.07) is 28.8. The normalized spacial score (nSPS) is 18.0. The molecular formula is C34H45N3O. The van der Waals surface area contributed by atoms with Crippen molar-refractivity contribution >= 4 is 6.03 Å². The fourth-order valence-electron chi connectivity index (χ4n) is 5.37. The summed E-state index contributed by atoms with van der Waals surface area (Å²) in [7, 11) is 0. The van der Waals surface area contributed by atoms with Gasteiger partial charge in [-0.3, -0.25) is 0 Å². The van der Waals surface area contributed by atoms with Crippen molar-refractivity contribution in [2.45, 2.75) is 83.2 Å². The molecule has 1 aliphatic rings. The van der Waals surface area contributed by atoms with Gasteiger partial charge in [0.15, 0.2) is 0 Å². The second-order valence-electron chi connectivity index (χ2n) is 12.8. The number of urea groups is 1. The zero-order chi connectivity index (χ0) is 27.3. The summed E-state index contributed by atoms with van der Waals surface area (Å²) in [5.74, 6) is 0.214. The van der Waals surface area contributed by atoms with Crippen LogP contribution in [-0.2, 0) is 17.3 Å². The van der Waals surface area contributed by atoms with Crippen molar-refractivity contribution in [1.29, 1.82) is 0 Å². The molecule has 1 unspecified atom stereocenters. The number of amides is 2. The minimum absolute atomic E-state index is 0.0889. The fourth-order valence-corrected chi connectivity index (χ4v) is 5.37. The van der Waals surface area contributed by atoms with Crippen LogP contribution in [0.4, 0.5) is 4.79 Å². The van der Waals surface area contributed by atoms with E-state index >= 15 is 0 Å². The summed E-state index contributed by atoms with van der Waals surface area (Å²) in [5.41, 5.74) is 6.78. The van der Waals surface area contributed by atoms with Gasteiger partial charge in [0.1, 0.15) is 0 Å². The van der Waals surface area contributed by atoms with E-state index in [0.29, 0.717) is 6.54 Å². The first-order chi connectivity index (χ1) is 18.0. The number of hydrogen-bond acceptors (Lipinski definition) is 2. The standard InChI is InChI=1S/C34H45N3O/c1-33(2,3)27-16-12-25(13-17-27)31(26-14-18-28(19-15-26)34(4,5)6)30-22-29(23-36-30)37-32(38)35-21-20-24-10-8-7-9-11-24/h7-19,29-31,36H,20-23H2,1-6H3,(H2,35,37,38)/t29?,30-/m1/s1. The van der Waals surface area contributed by atoms with Crippen LogP contribution < -0.4 is 16.0 Å². The molecule has 0 bridgehead atoms. The van der Waals surface area contributed by atoms with Crippen LogP contribution >= 0.6 is 0 Å². The summed E-state index contributed by atoms with van der Waals surface area (Å²) >= 11 is 0. The number of carbonyl (C=O) groups is 1. The van der Waals surface area contributed by atoms with E-state index in [2.05, 4.69) is 118 Å². The lowest BCUT2D eigenvalue weighted by atomic mass is 9.80. The predicted octanol–water partition coefficient (Wildman–Crippen LogP) is 6.69. The topological polar surface area (TPSA) is 53.2 Å². The van der Waals surface area contributed by atoms with E-state index in [1.807, 2.05) is 18.2 Å². The molecule has 1 saturated heterocycles. The van der Waals surface area contributed by atoms with Gasteiger partial charge in [-0.1, -0.05) is 120 Å². The van der Waals surface area contributed by atoms with E-state index in [9.17, 15) is 4.79 Å². The van der Waals surface area contributed by atoms with Gasteiger partial charge in [0, 0.05) is 31.1 Å². The lowest BCUT2D eigenvalue weighted by Gasteiger charge is -2.27. The van der Waals surface area contributed by atoms with Gasteiger partial charge in [-0.15, -0.1) is 0 Å². The van der Waals surface area contributed by atoms with Gasteiger partial charge in [0.2, 0.25) is 0 Å². The Morgan fingerprint density at radius 2 is 1.34 bits per heavy atom. The van der Waals surface area contributed by atoms with Crippen LogP contribution in [0.3, 0.4) is 0 Å². The summed E-state index contributed by atoms with van der Waals surface area (Å²) in [6.45, 7) is 14.9. The van der Waals surface area contributed by atoms with Gasteiger partial charge in [0.25, 0.3) is 0 Å². The summed E-state index contributed by atoms with van der Waals surface area (Å²) in [6.07, 6.45) is 1.72. The summed E-state index contributed by atoms with van der Waals surface area (Å²) < 4.78 is 0. The lowest BCUT2D eigenvalue weighted by Crippen LogP contribution is -2.43. The molecule has 1 heterocycles. The highest BCUT2D eigenvalue weighted by Crippen LogP contribution is 2.35. The number of benzene rings is 3. The van der Waals surface area contributed by atoms with Crippen LogP contribution in [0.15, 0.2) is 78.9 Å². The van der Waals surface area contributed by atoms with E-state index in [1.165, 1.54) is 27.8 Å². The molecule has 0 spiro atoms. The van der Waals surface area contributed by atoms with Crippen molar-refractivity contribution in [3.05, 3.63) is 107 Å². The molecule has 1 fully saturated rings. The van der Waals surface area contributed by atoms with Gasteiger partial charge >= 0.3 is 6.03 Å². The molecule has 4 nitrogen and oxygen atoms in total. The molecule has 2 atom stereocenters. The third-order valence-electron chi connectivity index (χ3n) is 7.72. The van der Waals surface area contributed by atoms with Crippen molar-refractivity contribution in [3.63, 3.8) is 0 Å². The smallest absolute Gasteiger partial charge is 0.315 e. The van der Waals surface area contributed by atoms with Crippen LogP contribution in [0.1, 0.15) is 81.7 Å². The zero-order valence-corrected chi connectivity index (χ0v) is 24.0. The Balaban J connectivity index is 1.45. The van der Waals surface area contributed by atoms with E-state index in [4.69, 9.17) is 0 Å². The third kappa shape index (κ3) is 7.26. The molecule has 0 saturated carbocycles. The van der Waals surface area contributed by atoms with Crippen LogP contribution in [0, 0.1) is 0 Å². The lowest BCUT2D eigenvalue weighted by molar-refractivity contribution is 0.237. The summed E-state index contributed by atoms with van der Waals surface area (Å²) in [5, 5.41) is 9.96. The second kappa shape index (κ2) is 11.7. The first kappa shape index (κ1) is 27.9. The molecule has 3 N–H and O–H groups in total. The number of nitrogens with one attached hydrogen (secondary N) is 3. The van der Waals surface area contributed by atoms with Gasteiger partial charge in [0.05, 0.1) is 0 Å². The molecule has 2 amide bonds. The Hall–Kier alpha value is -3.11. The molecular weight excluding hydrogens is 466 g/mol. The van der Waals surface area contributed by atoms with Gasteiger partial charge in [-0.05, 0) is 51.5 Å². The number of rotatable bonds is 7. The number of carbonyl (C=O) groups excluding carboxylic acids is 1. The highest BCUT2D eigenvalue weighted by molar-refractivity contribution is 5.74. The highest BCUT2D eigenvalue weighted by atomic mass is 16.2. The molecule has 202 valence electrons. The Labute approximate surface area is 229 Å². The monoisotopic (exact) mass is 511 g/mol. The fraction of sp³-hybridized carbons (Fsp3) is 0.441. The van der Waals surface area contributed by atoms with Crippen molar-refractivity contribution in [2.75, 3.05) is 13.1 Å². The maximum absolute atomic E-state index is 12.6. The average Bonchev–Trinajstić information content (AvgIpc) is 3.32. The van der Waals surface area contributed by atoms with E-state index in [1.54, 1.807) is 0 Å². The molecule has 1 aliphatic heterocycles. The highest BCUT2D eigenvalue weighted by Gasteiger charge is 2.33. The van der Waals surface area contributed by atoms with Crippen LogP contribution in [-0.4, -0.2) is 31.2 Å². The van der Waals surface area contributed by atoms with E-state index in [-0.39, 0.29) is 34.9 Å². The number of hydrogen-bond donors (Lipinski definition) is 3. The minimum atomic E-state index is -0.0889. The quantitative estimate of drug-likeness (QED) is 0.331. The molecule has 38 heavy (non-hydrogen) atoms. The van der Waals surface area contributed by atoms with E-state index < -0.39 is 0 Å². The Morgan fingerprint density at radius 1 is 0.816 bits per heavy atom. The maximum atomic E-state index is 12.6. The molecule has 0 aromatic heterocycles. The molecule has 3 aromatic rings. The van der Waals surface area contributed by atoms with Gasteiger partial charge < -0.3 is 16.0 Å². The SMILES string of the molecule is CC(C)(C)c1ccc(C(c2ccc(C(C)(C)C)cc2)[C@H]2CC(NC(=O)NCCc3ccccc3)CN2)cc1. The molecule has 0 radical (unpaired) electrons. The molecule has 3 aromatic carbocycles. The third-order valence-corrected chi connectivity index (χ3v) is 7.72. The first-order valence-corrected chi connectivity index (χ1v) is 14.0. The van der Waals surface area contributed by atoms with Crippen molar-refractivity contribution < 1.29 is 4.79 Å². The largest absolute Gasteiger partial charge is 0.338 e. The molecule has 4 heteroatoms. The van der Waals surface area contributed by atoms with Crippen LogP contribution in [0.2, 0.25) is 0 Å². The minimum Gasteiger partial charge on any atom is -0.338 e. The van der Waals surface area contributed by atoms with Gasteiger partial charge in [-0.2, -0.15) is 0 Å². The van der Waals surface area contributed by atoms with Crippen LogP contribution in [0.25, 0.3) is 0 Å². The average molecular weight is 512 g/mol. The summed E-state index contributed by atoms with van der Waals surface area (Å²) in [4.78, 5) is 12.6. The Kier molecular flexibility index (Phi) is 8.62. The molecule has 0 aliphatic carbocycles. The maximum Gasteiger partial charge on any atom is 0.315 e. The van der Waals surface area contributed by atoms with Crippen molar-refractivity contribution in [3.8, 4) is 0 Å². The van der Waals surface area contributed by atoms with Crippen LogP contribution in [0.5, 0.6) is 0 Å². The second-order valence-corrected chi connectivity index (χ2v) is 12.8. The van der Waals surface area contributed by atoms with Crippen molar-refractivity contribution in [2.24, 2.45) is 0 Å². The molecule has 4 rings (SSSR count). The zero-order valence-electron chi connectivity index (χ0n) is 24.0.